The topological polar surface area (TPSA) is 58.6 Å². The number of benzene rings is 2. The van der Waals surface area contributed by atoms with Gasteiger partial charge < -0.3 is 15.0 Å². The second-order valence-corrected chi connectivity index (χ2v) is 6.77. The van der Waals surface area contributed by atoms with Gasteiger partial charge in [-0.1, -0.05) is 6.07 Å². The lowest BCUT2D eigenvalue weighted by atomic mass is 10.1. The molecule has 0 radical (unpaired) electrons. The molecule has 0 aliphatic carbocycles. The van der Waals surface area contributed by atoms with Gasteiger partial charge >= 0.3 is 0 Å². The molecule has 2 aromatic carbocycles. The maximum absolute atomic E-state index is 14.2. The van der Waals surface area contributed by atoms with Crippen LogP contribution in [0.1, 0.15) is 17.5 Å². The average Bonchev–Trinajstić information content (AvgIpc) is 3.21. The fourth-order valence-electron chi connectivity index (χ4n) is 3.46. The first-order valence-corrected chi connectivity index (χ1v) is 8.64. The Morgan fingerprint density at radius 1 is 1.27 bits per heavy atom. The Balaban J connectivity index is 1.47. The Kier molecular flexibility index (Phi) is 4.11. The van der Waals surface area contributed by atoms with E-state index in [0.717, 1.165) is 23.3 Å². The van der Waals surface area contributed by atoms with Gasteiger partial charge in [0.05, 0.1) is 18.2 Å². The van der Waals surface area contributed by atoms with Crippen LogP contribution in [0.2, 0.25) is 0 Å². The number of carbonyl (C=O) groups is 2. The lowest BCUT2D eigenvalue weighted by Gasteiger charge is -2.18. The summed E-state index contributed by atoms with van der Waals surface area (Å²) in [5, 5.41) is 2.86. The molecule has 1 atom stereocenters. The van der Waals surface area contributed by atoms with Gasteiger partial charge in [0.2, 0.25) is 11.8 Å². The van der Waals surface area contributed by atoms with Gasteiger partial charge in [0, 0.05) is 25.1 Å². The highest BCUT2D eigenvalue weighted by molar-refractivity contribution is 6.03. The van der Waals surface area contributed by atoms with Crippen LogP contribution in [-0.2, 0) is 16.0 Å². The first-order valence-electron chi connectivity index (χ1n) is 8.64. The monoisotopic (exact) mass is 354 g/mol. The Hall–Kier alpha value is -2.89. The maximum atomic E-state index is 14.2. The quantitative estimate of drug-likeness (QED) is 0.922. The van der Waals surface area contributed by atoms with Gasteiger partial charge in [-0.05, 0) is 48.4 Å². The van der Waals surface area contributed by atoms with E-state index >= 15 is 0 Å². The fourth-order valence-corrected chi connectivity index (χ4v) is 3.46. The summed E-state index contributed by atoms with van der Waals surface area (Å²) >= 11 is 0. The highest BCUT2D eigenvalue weighted by Gasteiger charge is 2.36. The number of nitrogens with zero attached hydrogens (tertiary/aromatic N) is 1. The third-order valence-electron chi connectivity index (χ3n) is 4.85. The molecule has 2 aliphatic heterocycles. The van der Waals surface area contributed by atoms with Gasteiger partial charge in [-0.2, -0.15) is 0 Å². The molecule has 2 aromatic rings. The highest BCUT2D eigenvalue weighted by atomic mass is 19.1. The summed E-state index contributed by atoms with van der Waals surface area (Å²) < 4.78 is 19.6. The van der Waals surface area contributed by atoms with Crippen molar-refractivity contribution in [2.45, 2.75) is 19.8 Å². The number of aryl methyl sites for hydroxylation is 1. The number of ether oxygens (including phenoxy) is 1. The van der Waals surface area contributed by atoms with Gasteiger partial charge in [0.1, 0.15) is 11.6 Å². The van der Waals surface area contributed by atoms with Crippen molar-refractivity contribution in [1.29, 1.82) is 0 Å². The summed E-state index contributed by atoms with van der Waals surface area (Å²) in [6, 6.07) is 10.3. The Bertz CT molecular complexity index is 897. The number of anilines is 2. The van der Waals surface area contributed by atoms with Gasteiger partial charge in [0.25, 0.3) is 0 Å². The van der Waals surface area contributed by atoms with Crippen LogP contribution < -0.4 is 15.0 Å². The van der Waals surface area contributed by atoms with Crippen LogP contribution in [0.5, 0.6) is 5.75 Å². The largest absolute Gasteiger partial charge is 0.493 e. The zero-order chi connectivity index (χ0) is 18.3. The molecule has 0 spiro atoms. The zero-order valence-corrected chi connectivity index (χ0v) is 14.4. The average molecular weight is 354 g/mol. The van der Waals surface area contributed by atoms with E-state index in [9.17, 15) is 14.0 Å². The molecule has 1 saturated heterocycles. The molecule has 0 saturated carbocycles. The summed E-state index contributed by atoms with van der Waals surface area (Å²) in [6.07, 6.45) is 0.897. The normalized spacial score (nSPS) is 18.6. The Labute approximate surface area is 150 Å². The molecular formula is C20H19FN2O3. The van der Waals surface area contributed by atoms with E-state index < -0.39 is 11.7 Å². The number of carbonyl (C=O) groups excluding carboxylic acids is 2. The summed E-state index contributed by atoms with van der Waals surface area (Å²) in [7, 11) is 0. The van der Waals surface area contributed by atoms with Gasteiger partial charge in [0.15, 0.2) is 0 Å². The molecule has 26 heavy (non-hydrogen) atoms. The molecule has 6 heteroatoms. The van der Waals surface area contributed by atoms with Crippen LogP contribution in [0.3, 0.4) is 0 Å². The van der Waals surface area contributed by atoms with Crippen molar-refractivity contribution >= 4 is 23.2 Å². The first kappa shape index (κ1) is 16.6. The van der Waals surface area contributed by atoms with Crippen molar-refractivity contribution in [2.75, 3.05) is 23.4 Å². The predicted octanol–water partition coefficient (Wildman–Crippen LogP) is 3.06. The van der Waals surface area contributed by atoms with Crippen molar-refractivity contribution in [1.82, 2.24) is 0 Å². The number of halogens is 1. The summed E-state index contributed by atoms with van der Waals surface area (Å²) in [5.74, 6) is -0.576. The van der Waals surface area contributed by atoms with E-state index in [-0.39, 0.29) is 30.5 Å². The second-order valence-electron chi connectivity index (χ2n) is 6.77. The molecular weight excluding hydrogens is 335 g/mol. The number of amides is 2. The predicted molar refractivity (Wildman–Crippen MR) is 95.9 cm³/mol. The lowest BCUT2D eigenvalue weighted by Crippen LogP contribution is -2.28. The third-order valence-corrected chi connectivity index (χ3v) is 4.85. The van der Waals surface area contributed by atoms with E-state index in [4.69, 9.17) is 4.74 Å². The van der Waals surface area contributed by atoms with E-state index in [0.29, 0.717) is 12.3 Å². The summed E-state index contributed by atoms with van der Waals surface area (Å²) in [4.78, 5) is 26.2. The molecule has 0 bridgehead atoms. The SMILES string of the molecule is Cc1ccc(N2CC(C(=O)Nc3ccc4c(c3)CCO4)CC2=O)c(F)c1. The summed E-state index contributed by atoms with van der Waals surface area (Å²) in [5.41, 5.74) is 2.76. The van der Waals surface area contributed by atoms with Crippen LogP contribution >= 0.6 is 0 Å². The number of nitrogens with one attached hydrogen (secondary N) is 1. The Morgan fingerprint density at radius 2 is 2.12 bits per heavy atom. The third kappa shape index (κ3) is 3.03. The van der Waals surface area contributed by atoms with E-state index in [1.165, 1.54) is 11.0 Å². The zero-order valence-electron chi connectivity index (χ0n) is 14.4. The van der Waals surface area contributed by atoms with E-state index in [1.807, 2.05) is 12.1 Å². The highest BCUT2D eigenvalue weighted by Crippen LogP contribution is 2.30. The lowest BCUT2D eigenvalue weighted by molar-refractivity contribution is -0.122. The minimum Gasteiger partial charge on any atom is -0.493 e. The van der Waals surface area contributed by atoms with Crippen LogP contribution in [0.25, 0.3) is 0 Å². The molecule has 1 N–H and O–H groups in total. The Morgan fingerprint density at radius 3 is 2.92 bits per heavy atom. The van der Waals surface area contributed by atoms with Crippen LogP contribution in [0, 0.1) is 18.7 Å². The molecule has 2 aliphatic rings. The van der Waals surface area contributed by atoms with Gasteiger partial charge in [-0.3, -0.25) is 9.59 Å². The number of fused-ring (bicyclic) bond motifs is 1. The fraction of sp³-hybridized carbons (Fsp3) is 0.300. The minimum absolute atomic E-state index is 0.0766. The summed E-state index contributed by atoms with van der Waals surface area (Å²) in [6.45, 7) is 2.62. The maximum Gasteiger partial charge on any atom is 0.229 e. The van der Waals surface area contributed by atoms with Crippen LogP contribution in [0.4, 0.5) is 15.8 Å². The number of hydrogen-bond donors (Lipinski definition) is 1. The second kappa shape index (κ2) is 6.44. The molecule has 2 heterocycles. The number of rotatable bonds is 3. The van der Waals surface area contributed by atoms with Crippen molar-refractivity contribution in [3.63, 3.8) is 0 Å². The molecule has 4 rings (SSSR count). The standard InChI is InChI=1S/C20H19FN2O3/c1-12-2-4-17(16(21)8-12)23-11-14(10-19(23)24)20(25)22-15-3-5-18-13(9-15)6-7-26-18/h2-5,8-9,14H,6-7,10-11H2,1H3,(H,22,25). The molecule has 5 nitrogen and oxygen atoms in total. The van der Waals surface area contributed by atoms with Crippen molar-refractivity contribution in [3.05, 3.63) is 53.3 Å². The van der Waals surface area contributed by atoms with Crippen molar-refractivity contribution in [3.8, 4) is 5.75 Å². The van der Waals surface area contributed by atoms with Crippen molar-refractivity contribution in [2.24, 2.45) is 5.92 Å². The van der Waals surface area contributed by atoms with Crippen LogP contribution in [0.15, 0.2) is 36.4 Å². The van der Waals surface area contributed by atoms with Gasteiger partial charge in [-0.25, -0.2) is 4.39 Å². The first-order chi connectivity index (χ1) is 12.5. The van der Waals surface area contributed by atoms with E-state index in [1.54, 1.807) is 25.1 Å². The molecule has 0 aromatic heterocycles. The molecule has 1 unspecified atom stereocenters. The number of hydrogen-bond acceptors (Lipinski definition) is 3. The van der Waals surface area contributed by atoms with Crippen LogP contribution in [-0.4, -0.2) is 25.0 Å². The van der Waals surface area contributed by atoms with Gasteiger partial charge in [-0.15, -0.1) is 0 Å². The molecule has 2 amide bonds. The molecule has 1 fully saturated rings. The minimum atomic E-state index is -0.507. The van der Waals surface area contributed by atoms with Crippen molar-refractivity contribution < 1.29 is 18.7 Å². The molecule has 134 valence electrons. The van der Waals surface area contributed by atoms with E-state index in [2.05, 4.69) is 5.32 Å². The smallest absolute Gasteiger partial charge is 0.229 e.